The van der Waals surface area contributed by atoms with Gasteiger partial charge in [-0.15, -0.1) is 0 Å². The molecule has 2 rings (SSSR count). The van der Waals surface area contributed by atoms with Crippen molar-refractivity contribution in [3.05, 3.63) is 71.3 Å². The smallest absolute Gasteiger partial charge is 0.193 e. The predicted molar refractivity (Wildman–Crippen MR) is 70.3 cm³/mol. The van der Waals surface area contributed by atoms with E-state index in [1.807, 2.05) is 6.07 Å². The number of hydrogen-bond donors (Lipinski definition) is 1. The molecule has 4 nitrogen and oxygen atoms in total. The molecule has 0 radical (unpaired) electrons. The zero-order valence-corrected chi connectivity index (χ0v) is 9.95. The van der Waals surface area contributed by atoms with Crippen molar-refractivity contribution in [1.82, 2.24) is 0 Å². The number of rotatable bonds is 3. The van der Waals surface area contributed by atoms with Gasteiger partial charge < -0.3 is 5.21 Å². The SMILES string of the molecule is N#C/C(=N\O)c1cccc(C(=O)c2ccccc2)c1. The summed E-state index contributed by atoms with van der Waals surface area (Å²) in [5, 5.41) is 20.4. The molecule has 4 heteroatoms. The second kappa shape index (κ2) is 5.61. The Morgan fingerprint density at radius 3 is 2.26 bits per heavy atom. The van der Waals surface area contributed by atoms with Crippen LogP contribution in [0.15, 0.2) is 59.8 Å². The summed E-state index contributed by atoms with van der Waals surface area (Å²) in [6.07, 6.45) is 0. The molecule has 0 spiro atoms. The van der Waals surface area contributed by atoms with E-state index in [2.05, 4.69) is 5.16 Å². The highest BCUT2D eigenvalue weighted by molar-refractivity contribution is 6.14. The van der Waals surface area contributed by atoms with E-state index in [9.17, 15) is 4.79 Å². The van der Waals surface area contributed by atoms with Gasteiger partial charge in [0, 0.05) is 16.7 Å². The molecular formula is C15H10N2O2. The summed E-state index contributed by atoms with van der Waals surface area (Å²) in [6, 6.07) is 17.1. The van der Waals surface area contributed by atoms with Crippen LogP contribution in [0.25, 0.3) is 0 Å². The van der Waals surface area contributed by atoms with Crippen LogP contribution in [0.3, 0.4) is 0 Å². The highest BCUT2D eigenvalue weighted by atomic mass is 16.4. The first-order valence-corrected chi connectivity index (χ1v) is 5.58. The Hall–Kier alpha value is -2.93. The lowest BCUT2D eigenvalue weighted by atomic mass is 10.00. The third-order valence-corrected chi connectivity index (χ3v) is 2.64. The summed E-state index contributed by atoms with van der Waals surface area (Å²) >= 11 is 0. The Bertz CT molecular complexity index is 670. The molecule has 0 fully saturated rings. The van der Waals surface area contributed by atoms with Gasteiger partial charge in [-0.1, -0.05) is 53.7 Å². The van der Waals surface area contributed by atoms with Gasteiger partial charge in [0.05, 0.1) is 0 Å². The fourth-order valence-electron chi connectivity index (χ4n) is 1.71. The van der Waals surface area contributed by atoms with Crippen molar-refractivity contribution in [1.29, 1.82) is 5.26 Å². The van der Waals surface area contributed by atoms with Crippen molar-refractivity contribution in [2.45, 2.75) is 0 Å². The number of benzene rings is 2. The van der Waals surface area contributed by atoms with Crippen LogP contribution in [0.2, 0.25) is 0 Å². The maximum Gasteiger partial charge on any atom is 0.193 e. The zero-order valence-electron chi connectivity index (χ0n) is 9.95. The van der Waals surface area contributed by atoms with Gasteiger partial charge in [0.2, 0.25) is 0 Å². The van der Waals surface area contributed by atoms with Gasteiger partial charge in [-0.05, 0) is 6.07 Å². The molecule has 0 aliphatic carbocycles. The van der Waals surface area contributed by atoms with Crippen LogP contribution in [0.5, 0.6) is 0 Å². The molecule has 0 atom stereocenters. The van der Waals surface area contributed by atoms with E-state index in [0.717, 1.165) is 0 Å². The number of hydrogen-bond acceptors (Lipinski definition) is 4. The first-order chi connectivity index (χ1) is 9.26. The van der Waals surface area contributed by atoms with Crippen LogP contribution in [-0.4, -0.2) is 16.7 Å². The zero-order chi connectivity index (χ0) is 13.7. The molecule has 0 saturated carbocycles. The van der Waals surface area contributed by atoms with Crippen LogP contribution in [0.1, 0.15) is 21.5 Å². The maximum absolute atomic E-state index is 12.2. The van der Waals surface area contributed by atoms with E-state index < -0.39 is 0 Å². The topological polar surface area (TPSA) is 73.4 Å². The van der Waals surface area contributed by atoms with Gasteiger partial charge in [0.15, 0.2) is 11.5 Å². The summed E-state index contributed by atoms with van der Waals surface area (Å²) in [4.78, 5) is 12.2. The van der Waals surface area contributed by atoms with E-state index in [-0.39, 0.29) is 11.5 Å². The van der Waals surface area contributed by atoms with Gasteiger partial charge in [-0.3, -0.25) is 4.79 Å². The molecule has 0 aliphatic rings. The second-order valence-corrected chi connectivity index (χ2v) is 3.84. The maximum atomic E-state index is 12.2. The quantitative estimate of drug-likeness (QED) is 0.394. The van der Waals surface area contributed by atoms with Gasteiger partial charge >= 0.3 is 0 Å². The third-order valence-electron chi connectivity index (χ3n) is 2.64. The van der Waals surface area contributed by atoms with Crippen molar-refractivity contribution in [3.8, 4) is 6.07 Å². The van der Waals surface area contributed by atoms with E-state index >= 15 is 0 Å². The fraction of sp³-hybridized carbons (Fsp3) is 0. The lowest BCUT2D eigenvalue weighted by molar-refractivity contribution is 0.103. The molecule has 1 N–H and O–H groups in total. The Morgan fingerprint density at radius 1 is 1.00 bits per heavy atom. The number of nitriles is 1. The lowest BCUT2D eigenvalue weighted by Gasteiger charge is -2.03. The second-order valence-electron chi connectivity index (χ2n) is 3.84. The van der Waals surface area contributed by atoms with Gasteiger partial charge in [0.1, 0.15) is 6.07 Å². The average molecular weight is 250 g/mol. The number of oxime groups is 1. The molecule has 2 aromatic rings. The van der Waals surface area contributed by atoms with Gasteiger partial charge in [-0.2, -0.15) is 5.26 Å². The molecular weight excluding hydrogens is 240 g/mol. The number of ketones is 1. The Morgan fingerprint density at radius 2 is 1.63 bits per heavy atom. The third kappa shape index (κ3) is 2.67. The lowest BCUT2D eigenvalue weighted by Crippen LogP contribution is -2.04. The first kappa shape index (κ1) is 12.5. The summed E-state index contributed by atoms with van der Waals surface area (Å²) < 4.78 is 0. The molecule has 19 heavy (non-hydrogen) atoms. The van der Waals surface area contributed by atoms with Gasteiger partial charge in [0.25, 0.3) is 0 Å². The minimum Gasteiger partial charge on any atom is -0.410 e. The van der Waals surface area contributed by atoms with Crippen molar-refractivity contribution in [2.24, 2.45) is 5.16 Å². The Labute approximate surface area is 110 Å². The number of carbonyl (C=O) groups is 1. The molecule has 0 saturated heterocycles. The standard InChI is InChI=1S/C15H10N2O2/c16-10-14(17-19)12-7-4-8-13(9-12)15(18)11-5-2-1-3-6-11/h1-9,19H/b17-14+. The molecule has 0 unspecified atom stereocenters. The largest absolute Gasteiger partial charge is 0.410 e. The number of carbonyl (C=O) groups excluding carboxylic acids is 1. The van der Waals surface area contributed by atoms with Crippen LogP contribution >= 0.6 is 0 Å². The van der Waals surface area contributed by atoms with Crippen molar-refractivity contribution < 1.29 is 10.0 Å². The minimum atomic E-state index is -0.141. The molecule has 0 bridgehead atoms. The molecule has 2 aromatic carbocycles. The molecule has 92 valence electrons. The predicted octanol–water partition coefficient (Wildman–Crippen LogP) is 2.62. The van der Waals surface area contributed by atoms with Crippen molar-refractivity contribution >= 4 is 11.5 Å². The normalized spacial score (nSPS) is 10.8. The van der Waals surface area contributed by atoms with Crippen LogP contribution in [-0.2, 0) is 0 Å². The summed E-state index contributed by atoms with van der Waals surface area (Å²) in [6.45, 7) is 0. The summed E-state index contributed by atoms with van der Waals surface area (Å²) in [5.41, 5.74) is 1.30. The van der Waals surface area contributed by atoms with Crippen LogP contribution < -0.4 is 0 Å². The molecule has 0 heterocycles. The van der Waals surface area contributed by atoms with E-state index in [4.69, 9.17) is 10.5 Å². The summed E-state index contributed by atoms with van der Waals surface area (Å²) in [5.74, 6) is -0.141. The van der Waals surface area contributed by atoms with Gasteiger partial charge in [-0.25, -0.2) is 0 Å². The van der Waals surface area contributed by atoms with E-state index in [1.165, 1.54) is 6.07 Å². The summed E-state index contributed by atoms with van der Waals surface area (Å²) in [7, 11) is 0. The molecule has 0 aromatic heterocycles. The highest BCUT2D eigenvalue weighted by Crippen LogP contribution is 2.12. The average Bonchev–Trinajstić information content (AvgIpc) is 2.49. The Balaban J connectivity index is 2.40. The fourth-order valence-corrected chi connectivity index (χ4v) is 1.71. The van der Waals surface area contributed by atoms with Crippen LogP contribution in [0.4, 0.5) is 0 Å². The van der Waals surface area contributed by atoms with Crippen molar-refractivity contribution in [3.63, 3.8) is 0 Å². The van der Waals surface area contributed by atoms with Crippen LogP contribution in [0, 0.1) is 11.3 Å². The van der Waals surface area contributed by atoms with Crippen molar-refractivity contribution in [2.75, 3.05) is 0 Å². The highest BCUT2D eigenvalue weighted by Gasteiger charge is 2.11. The monoisotopic (exact) mass is 250 g/mol. The number of nitrogens with zero attached hydrogens (tertiary/aromatic N) is 2. The molecule has 0 amide bonds. The minimum absolute atomic E-state index is 0.122. The van der Waals surface area contributed by atoms with E-state index in [0.29, 0.717) is 16.7 Å². The first-order valence-electron chi connectivity index (χ1n) is 5.58. The Kier molecular flexibility index (Phi) is 3.70. The van der Waals surface area contributed by atoms with E-state index in [1.54, 1.807) is 48.5 Å². The molecule has 0 aliphatic heterocycles.